The minimum absolute atomic E-state index is 0.212. The summed E-state index contributed by atoms with van der Waals surface area (Å²) in [6, 6.07) is 4.63. The number of nitrogen functional groups attached to an aromatic ring is 1. The van der Waals surface area contributed by atoms with E-state index in [1.54, 1.807) is 12.1 Å². The Morgan fingerprint density at radius 1 is 1.33 bits per heavy atom. The number of hydrogen-bond donors (Lipinski definition) is 1. The quantitative estimate of drug-likeness (QED) is 0.777. The van der Waals surface area contributed by atoms with Crippen LogP contribution in [-0.2, 0) is 0 Å². The van der Waals surface area contributed by atoms with Crippen molar-refractivity contribution in [2.45, 2.75) is 25.7 Å². The van der Waals surface area contributed by atoms with Crippen LogP contribution in [0.15, 0.2) is 18.2 Å². The molecule has 0 heterocycles. The molecular formula is C12H16FNO. The largest absolute Gasteiger partial charge is 0.488 e. The molecule has 0 aliphatic heterocycles. The van der Waals surface area contributed by atoms with Gasteiger partial charge in [-0.05, 0) is 30.9 Å². The van der Waals surface area contributed by atoms with Crippen molar-refractivity contribution in [2.75, 3.05) is 12.3 Å². The lowest BCUT2D eigenvalue weighted by Gasteiger charge is -2.13. The number of anilines is 1. The van der Waals surface area contributed by atoms with Crippen molar-refractivity contribution in [1.29, 1.82) is 0 Å². The van der Waals surface area contributed by atoms with Gasteiger partial charge in [0.1, 0.15) is 0 Å². The van der Waals surface area contributed by atoms with Crippen LogP contribution in [0, 0.1) is 11.7 Å². The van der Waals surface area contributed by atoms with E-state index in [2.05, 4.69) is 0 Å². The second-order valence-electron chi connectivity index (χ2n) is 4.12. The fourth-order valence-corrected chi connectivity index (χ4v) is 2.06. The molecule has 0 radical (unpaired) electrons. The Balaban J connectivity index is 1.97. The average molecular weight is 209 g/mol. The smallest absolute Gasteiger partial charge is 0.177 e. The summed E-state index contributed by atoms with van der Waals surface area (Å²) in [5.41, 5.74) is 6.02. The highest BCUT2D eigenvalue weighted by atomic mass is 19.1. The molecule has 0 atom stereocenters. The normalized spacial score (nSPS) is 16.9. The highest BCUT2D eigenvalue weighted by Crippen LogP contribution is 2.29. The zero-order chi connectivity index (χ0) is 10.7. The van der Waals surface area contributed by atoms with E-state index in [4.69, 9.17) is 10.5 Å². The Bertz CT molecular complexity index is 314. The lowest BCUT2D eigenvalue weighted by atomic mass is 10.1. The molecule has 1 aromatic rings. The zero-order valence-corrected chi connectivity index (χ0v) is 8.71. The number of hydrogen-bond acceptors (Lipinski definition) is 2. The molecule has 2 rings (SSSR count). The van der Waals surface area contributed by atoms with Crippen LogP contribution in [-0.4, -0.2) is 6.61 Å². The van der Waals surface area contributed by atoms with Crippen LogP contribution < -0.4 is 10.5 Å². The number of rotatable bonds is 3. The summed E-state index contributed by atoms with van der Waals surface area (Å²) in [5, 5.41) is 0. The summed E-state index contributed by atoms with van der Waals surface area (Å²) in [4.78, 5) is 0. The Kier molecular flexibility index (Phi) is 3.09. The van der Waals surface area contributed by atoms with Crippen molar-refractivity contribution in [2.24, 2.45) is 5.92 Å². The third kappa shape index (κ3) is 2.41. The van der Waals surface area contributed by atoms with Gasteiger partial charge < -0.3 is 10.5 Å². The maximum absolute atomic E-state index is 13.3. The topological polar surface area (TPSA) is 35.2 Å². The zero-order valence-electron chi connectivity index (χ0n) is 8.71. The van der Waals surface area contributed by atoms with E-state index >= 15 is 0 Å². The molecule has 3 heteroatoms. The van der Waals surface area contributed by atoms with Crippen LogP contribution in [0.1, 0.15) is 25.7 Å². The molecule has 0 saturated heterocycles. The molecule has 0 amide bonds. The summed E-state index contributed by atoms with van der Waals surface area (Å²) < 4.78 is 18.8. The van der Waals surface area contributed by atoms with Gasteiger partial charge in [-0.25, -0.2) is 4.39 Å². The summed E-state index contributed by atoms with van der Waals surface area (Å²) in [7, 11) is 0. The van der Waals surface area contributed by atoms with Gasteiger partial charge >= 0.3 is 0 Å². The van der Waals surface area contributed by atoms with Gasteiger partial charge in [0.25, 0.3) is 0 Å². The molecule has 2 N–H and O–H groups in total. The van der Waals surface area contributed by atoms with Gasteiger partial charge in [0.05, 0.1) is 12.3 Å². The van der Waals surface area contributed by atoms with Gasteiger partial charge in [0.15, 0.2) is 11.6 Å². The maximum Gasteiger partial charge on any atom is 0.177 e. The monoisotopic (exact) mass is 209 g/mol. The molecule has 0 spiro atoms. The van der Waals surface area contributed by atoms with Gasteiger partial charge in [0, 0.05) is 0 Å². The second-order valence-corrected chi connectivity index (χ2v) is 4.12. The van der Waals surface area contributed by atoms with E-state index < -0.39 is 0 Å². The summed E-state index contributed by atoms with van der Waals surface area (Å²) >= 11 is 0. The van der Waals surface area contributed by atoms with Gasteiger partial charge in [-0.2, -0.15) is 0 Å². The van der Waals surface area contributed by atoms with Gasteiger partial charge in [-0.15, -0.1) is 0 Å². The molecule has 0 unspecified atom stereocenters. The first-order valence-corrected chi connectivity index (χ1v) is 5.44. The van der Waals surface area contributed by atoms with Crippen LogP contribution in [0.2, 0.25) is 0 Å². The third-order valence-corrected chi connectivity index (χ3v) is 2.94. The Labute approximate surface area is 89.2 Å². The number of benzene rings is 1. The van der Waals surface area contributed by atoms with Crippen LogP contribution >= 0.6 is 0 Å². The van der Waals surface area contributed by atoms with E-state index in [9.17, 15) is 4.39 Å². The molecule has 1 aromatic carbocycles. The Morgan fingerprint density at radius 2 is 2.07 bits per heavy atom. The predicted octanol–water partition coefficient (Wildman–Crippen LogP) is 2.98. The van der Waals surface area contributed by atoms with E-state index in [-0.39, 0.29) is 11.6 Å². The number of para-hydroxylation sites is 1. The van der Waals surface area contributed by atoms with Crippen molar-refractivity contribution < 1.29 is 9.13 Å². The van der Waals surface area contributed by atoms with Crippen molar-refractivity contribution in [3.63, 3.8) is 0 Å². The first-order valence-electron chi connectivity index (χ1n) is 5.44. The molecule has 0 aromatic heterocycles. The van der Waals surface area contributed by atoms with Crippen molar-refractivity contribution in [1.82, 2.24) is 0 Å². The first kappa shape index (κ1) is 10.3. The van der Waals surface area contributed by atoms with Crippen LogP contribution in [0.5, 0.6) is 5.75 Å². The van der Waals surface area contributed by atoms with Crippen LogP contribution in [0.3, 0.4) is 0 Å². The van der Waals surface area contributed by atoms with Gasteiger partial charge in [0.2, 0.25) is 0 Å². The Morgan fingerprint density at radius 3 is 2.73 bits per heavy atom. The number of nitrogens with two attached hydrogens (primary N) is 1. The lowest BCUT2D eigenvalue weighted by molar-refractivity contribution is 0.243. The maximum atomic E-state index is 13.3. The van der Waals surface area contributed by atoms with Gasteiger partial charge in [-0.1, -0.05) is 18.9 Å². The van der Waals surface area contributed by atoms with Crippen molar-refractivity contribution in [3.8, 4) is 5.75 Å². The first-order chi connectivity index (χ1) is 7.27. The fraction of sp³-hybridized carbons (Fsp3) is 0.500. The van der Waals surface area contributed by atoms with Crippen LogP contribution in [0.25, 0.3) is 0 Å². The highest BCUT2D eigenvalue weighted by molar-refractivity contribution is 5.52. The molecule has 2 nitrogen and oxygen atoms in total. The van der Waals surface area contributed by atoms with Gasteiger partial charge in [-0.3, -0.25) is 0 Å². The molecule has 15 heavy (non-hydrogen) atoms. The minimum atomic E-state index is -0.368. The Hall–Kier alpha value is -1.25. The van der Waals surface area contributed by atoms with E-state index in [0.29, 0.717) is 18.2 Å². The molecule has 1 fully saturated rings. The summed E-state index contributed by atoms with van der Waals surface area (Å²) in [6.07, 6.45) is 4.91. The second kappa shape index (κ2) is 4.51. The van der Waals surface area contributed by atoms with Crippen molar-refractivity contribution in [3.05, 3.63) is 24.0 Å². The SMILES string of the molecule is Nc1cccc(F)c1OCC1CCCC1. The number of halogens is 1. The number of ether oxygens (including phenoxy) is 1. The summed E-state index contributed by atoms with van der Waals surface area (Å²) in [6.45, 7) is 0.588. The standard InChI is InChI=1S/C12H16FNO/c13-10-6-3-7-11(14)12(10)15-8-9-4-1-2-5-9/h3,6-7,9H,1-2,4-5,8,14H2. The fourth-order valence-electron chi connectivity index (χ4n) is 2.06. The van der Waals surface area contributed by atoms with Crippen molar-refractivity contribution >= 4 is 5.69 Å². The molecule has 1 aliphatic rings. The molecule has 82 valence electrons. The molecule has 1 aliphatic carbocycles. The molecule has 0 bridgehead atoms. The summed E-state index contributed by atoms with van der Waals surface area (Å²) in [5.74, 6) is 0.418. The minimum Gasteiger partial charge on any atom is -0.488 e. The van der Waals surface area contributed by atoms with Crippen LogP contribution in [0.4, 0.5) is 10.1 Å². The predicted molar refractivity (Wildman–Crippen MR) is 58.3 cm³/mol. The molecular weight excluding hydrogens is 193 g/mol. The third-order valence-electron chi connectivity index (χ3n) is 2.94. The highest BCUT2D eigenvalue weighted by Gasteiger charge is 2.17. The molecule has 1 saturated carbocycles. The average Bonchev–Trinajstić information content (AvgIpc) is 2.70. The lowest BCUT2D eigenvalue weighted by Crippen LogP contribution is -2.10. The van der Waals surface area contributed by atoms with E-state index in [0.717, 1.165) is 0 Å². The van der Waals surface area contributed by atoms with E-state index in [1.165, 1.54) is 31.7 Å². The van der Waals surface area contributed by atoms with E-state index in [1.807, 2.05) is 0 Å².